The second-order valence-corrected chi connectivity index (χ2v) is 9.31. The third-order valence-corrected chi connectivity index (χ3v) is 6.15. The zero-order valence-electron chi connectivity index (χ0n) is 23.0. The van der Waals surface area contributed by atoms with Crippen molar-refractivity contribution in [3.8, 4) is 5.75 Å². The van der Waals surface area contributed by atoms with E-state index in [9.17, 15) is 4.79 Å². The Hall–Kier alpha value is -2.73. The molecular formula is C31H46N2O4. The second-order valence-electron chi connectivity index (χ2n) is 9.31. The molecule has 0 aliphatic heterocycles. The Kier molecular flexibility index (Phi) is 16.8. The largest absolute Gasteiger partial charge is 0.494 e. The standard InChI is InChI=1S/C31H46N2O4/c1-3-5-6-7-8-9-10-11-12-13-14-15-24-36-30-22-20-29(21-23-30)33-32-28-18-16-27(17-19-28)31(34)37-26-25-35-4-2/h16-23H,3-15,24-26H2,1-2H3. The van der Waals surface area contributed by atoms with E-state index < -0.39 is 0 Å². The van der Waals surface area contributed by atoms with Crippen LogP contribution in [-0.2, 0) is 9.47 Å². The Labute approximate surface area is 223 Å². The van der Waals surface area contributed by atoms with Crippen molar-refractivity contribution >= 4 is 17.3 Å². The number of hydrogen-bond acceptors (Lipinski definition) is 6. The van der Waals surface area contributed by atoms with Crippen LogP contribution in [0.5, 0.6) is 5.75 Å². The van der Waals surface area contributed by atoms with E-state index in [0.29, 0.717) is 24.5 Å². The number of hydrogen-bond donors (Lipinski definition) is 0. The molecule has 6 nitrogen and oxygen atoms in total. The first-order valence-electron chi connectivity index (χ1n) is 14.2. The molecule has 0 spiro atoms. The zero-order valence-corrected chi connectivity index (χ0v) is 23.0. The van der Waals surface area contributed by atoms with E-state index in [1.54, 1.807) is 24.3 Å². The molecule has 204 valence electrons. The molecule has 0 bridgehead atoms. The van der Waals surface area contributed by atoms with Crippen LogP contribution in [0.15, 0.2) is 58.8 Å². The minimum atomic E-state index is -0.373. The summed E-state index contributed by atoms with van der Waals surface area (Å²) in [4.78, 5) is 12.0. The van der Waals surface area contributed by atoms with Gasteiger partial charge in [-0.05, 0) is 61.9 Å². The molecule has 2 aromatic rings. The molecule has 0 radical (unpaired) electrons. The molecule has 0 atom stereocenters. The number of carbonyl (C=O) groups excluding carboxylic acids is 1. The Balaban J connectivity index is 1.56. The van der Waals surface area contributed by atoms with Crippen molar-refractivity contribution in [2.75, 3.05) is 26.4 Å². The minimum absolute atomic E-state index is 0.243. The van der Waals surface area contributed by atoms with Crippen molar-refractivity contribution in [3.63, 3.8) is 0 Å². The van der Waals surface area contributed by atoms with Crippen molar-refractivity contribution in [2.45, 2.75) is 90.9 Å². The highest BCUT2D eigenvalue weighted by Gasteiger charge is 2.06. The number of rotatable bonds is 21. The van der Waals surface area contributed by atoms with E-state index in [-0.39, 0.29) is 12.6 Å². The van der Waals surface area contributed by atoms with Crippen molar-refractivity contribution in [3.05, 3.63) is 54.1 Å². The summed E-state index contributed by atoms with van der Waals surface area (Å²) >= 11 is 0. The highest BCUT2D eigenvalue weighted by Crippen LogP contribution is 2.22. The molecule has 0 aliphatic rings. The monoisotopic (exact) mass is 510 g/mol. The number of nitrogens with zero attached hydrogens (tertiary/aromatic N) is 2. The van der Waals surface area contributed by atoms with Crippen LogP contribution >= 0.6 is 0 Å². The van der Waals surface area contributed by atoms with E-state index in [4.69, 9.17) is 14.2 Å². The topological polar surface area (TPSA) is 69.5 Å². The highest BCUT2D eigenvalue weighted by atomic mass is 16.6. The molecule has 2 aromatic carbocycles. The summed E-state index contributed by atoms with van der Waals surface area (Å²) in [5.41, 5.74) is 1.89. The first-order chi connectivity index (χ1) is 18.2. The summed E-state index contributed by atoms with van der Waals surface area (Å²) in [6.45, 7) is 6.17. The van der Waals surface area contributed by atoms with Gasteiger partial charge in [-0.1, -0.05) is 77.6 Å². The normalized spacial score (nSPS) is 11.2. The molecule has 37 heavy (non-hydrogen) atoms. The van der Waals surface area contributed by atoms with Crippen LogP contribution in [-0.4, -0.2) is 32.4 Å². The van der Waals surface area contributed by atoms with Crippen LogP contribution in [0.4, 0.5) is 11.4 Å². The van der Waals surface area contributed by atoms with Crippen molar-refractivity contribution in [2.24, 2.45) is 10.2 Å². The predicted molar refractivity (Wildman–Crippen MR) is 150 cm³/mol. The highest BCUT2D eigenvalue weighted by molar-refractivity contribution is 5.89. The van der Waals surface area contributed by atoms with Gasteiger partial charge < -0.3 is 14.2 Å². The minimum Gasteiger partial charge on any atom is -0.494 e. The molecule has 0 saturated carbocycles. The average molecular weight is 511 g/mol. The summed E-state index contributed by atoms with van der Waals surface area (Å²) in [7, 11) is 0. The van der Waals surface area contributed by atoms with Crippen molar-refractivity contribution in [1.29, 1.82) is 0 Å². The van der Waals surface area contributed by atoms with Crippen molar-refractivity contribution in [1.82, 2.24) is 0 Å². The van der Waals surface area contributed by atoms with Gasteiger partial charge in [-0.3, -0.25) is 0 Å². The van der Waals surface area contributed by atoms with E-state index in [1.807, 2.05) is 31.2 Å². The fraction of sp³-hybridized carbons (Fsp3) is 0.581. The molecule has 0 aromatic heterocycles. The molecule has 0 aliphatic carbocycles. The summed E-state index contributed by atoms with van der Waals surface area (Å²) in [5, 5.41) is 8.51. The summed E-state index contributed by atoms with van der Waals surface area (Å²) in [6, 6.07) is 14.5. The number of ether oxygens (including phenoxy) is 3. The SMILES string of the molecule is CCCCCCCCCCCCCCOc1ccc(N=Nc2ccc(C(=O)OCCOCC)cc2)cc1. The Morgan fingerprint density at radius 2 is 1.14 bits per heavy atom. The fourth-order valence-electron chi connectivity index (χ4n) is 3.94. The van der Waals surface area contributed by atoms with Gasteiger partial charge in [0.25, 0.3) is 0 Å². The van der Waals surface area contributed by atoms with Gasteiger partial charge in [-0.2, -0.15) is 10.2 Å². The van der Waals surface area contributed by atoms with Gasteiger partial charge in [0, 0.05) is 6.61 Å². The van der Waals surface area contributed by atoms with Crippen LogP contribution in [0.25, 0.3) is 0 Å². The summed E-state index contributed by atoms with van der Waals surface area (Å²) in [6.07, 6.45) is 16.1. The smallest absolute Gasteiger partial charge is 0.338 e. The van der Waals surface area contributed by atoms with Gasteiger partial charge in [0.1, 0.15) is 12.4 Å². The quantitative estimate of drug-likeness (QED) is 0.0952. The maximum absolute atomic E-state index is 12.0. The summed E-state index contributed by atoms with van der Waals surface area (Å²) in [5.74, 6) is 0.483. The molecule has 0 unspecified atom stereocenters. The maximum Gasteiger partial charge on any atom is 0.338 e. The molecule has 2 rings (SSSR count). The van der Waals surface area contributed by atoms with Crippen LogP contribution < -0.4 is 4.74 Å². The lowest BCUT2D eigenvalue weighted by Gasteiger charge is -2.06. The van der Waals surface area contributed by atoms with Gasteiger partial charge >= 0.3 is 5.97 Å². The van der Waals surface area contributed by atoms with Gasteiger partial charge in [0.2, 0.25) is 0 Å². The Bertz CT molecular complexity index is 866. The average Bonchev–Trinajstić information content (AvgIpc) is 2.93. The van der Waals surface area contributed by atoms with Crippen molar-refractivity contribution < 1.29 is 19.0 Å². The molecule has 0 N–H and O–H groups in total. The van der Waals surface area contributed by atoms with Gasteiger partial charge in [-0.25, -0.2) is 4.79 Å². The third-order valence-electron chi connectivity index (χ3n) is 6.15. The van der Waals surface area contributed by atoms with Crippen LogP contribution in [0, 0.1) is 0 Å². The lowest BCUT2D eigenvalue weighted by atomic mass is 10.1. The summed E-state index contributed by atoms with van der Waals surface area (Å²) < 4.78 is 16.2. The molecule has 0 saturated heterocycles. The van der Waals surface area contributed by atoms with E-state index in [2.05, 4.69) is 17.2 Å². The lowest BCUT2D eigenvalue weighted by molar-refractivity contribution is 0.0335. The molecule has 0 amide bonds. The van der Waals surface area contributed by atoms with Gasteiger partial charge in [0.05, 0.1) is 30.2 Å². The van der Waals surface area contributed by atoms with E-state index in [0.717, 1.165) is 24.5 Å². The van der Waals surface area contributed by atoms with Gasteiger partial charge in [0.15, 0.2) is 0 Å². The van der Waals surface area contributed by atoms with Crippen LogP contribution in [0.3, 0.4) is 0 Å². The van der Waals surface area contributed by atoms with E-state index >= 15 is 0 Å². The number of carbonyl (C=O) groups is 1. The zero-order chi connectivity index (χ0) is 26.4. The Morgan fingerprint density at radius 3 is 1.68 bits per heavy atom. The molecular weight excluding hydrogens is 464 g/mol. The Morgan fingerprint density at radius 1 is 0.622 bits per heavy atom. The molecule has 6 heteroatoms. The second kappa shape index (κ2) is 20.3. The molecule has 0 fully saturated rings. The number of benzene rings is 2. The molecule has 0 heterocycles. The number of azo groups is 1. The number of unbranched alkanes of at least 4 members (excludes halogenated alkanes) is 11. The van der Waals surface area contributed by atoms with E-state index in [1.165, 1.54) is 70.6 Å². The van der Waals surface area contributed by atoms with Gasteiger partial charge in [-0.15, -0.1) is 0 Å². The van der Waals surface area contributed by atoms with Crippen LogP contribution in [0.2, 0.25) is 0 Å². The predicted octanol–water partition coefficient (Wildman–Crippen LogP) is 9.38. The maximum atomic E-state index is 12.0. The fourth-order valence-corrected chi connectivity index (χ4v) is 3.94. The number of esters is 1. The third kappa shape index (κ3) is 14.6. The lowest BCUT2D eigenvalue weighted by Crippen LogP contribution is -2.10. The first kappa shape index (κ1) is 30.5. The first-order valence-corrected chi connectivity index (χ1v) is 14.2. The van der Waals surface area contributed by atoms with Crippen LogP contribution in [0.1, 0.15) is 101 Å².